The Morgan fingerprint density at radius 3 is 2.61 bits per heavy atom. The second kappa shape index (κ2) is 8.71. The van der Waals surface area contributed by atoms with Crippen LogP contribution in [-0.4, -0.2) is 31.8 Å². The van der Waals surface area contributed by atoms with E-state index in [-0.39, 0.29) is 17.2 Å². The molecule has 1 aliphatic heterocycles. The summed E-state index contributed by atoms with van der Waals surface area (Å²) in [6, 6.07) is 8.66. The van der Waals surface area contributed by atoms with Crippen LogP contribution in [0.1, 0.15) is 47.8 Å². The first-order valence-corrected chi connectivity index (χ1v) is 12.8. The molecule has 7 nitrogen and oxygen atoms in total. The van der Waals surface area contributed by atoms with E-state index in [9.17, 15) is 18.5 Å². The van der Waals surface area contributed by atoms with E-state index in [2.05, 4.69) is 23.2 Å². The van der Waals surface area contributed by atoms with E-state index in [1.807, 2.05) is 0 Å². The Hall–Kier alpha value is -2.25. The number of amides is 1. The smallest absolute Gasteiger partial charge is 0.238 e. The van der Waals surface area contributed by atoms with E-state index < -0.39 is 10.0 Å². The second-order valence-electron chi connectivity index (χ2n) is 8.51. The summed E-state index contributed by atoms with van der Waals surface area (Å²) in [4.78, 5) is 16.3. The molecule has 31 heavy (non-hydrogen) atoms. The quantitative estimate of drug-likeness (QED) is 0.690. The first-order valence-electron chi connectivity index (χ1n) is 10.4. The predicted octanol–water partition coefficient (Wildman–Crippen LogP) is 3.00. The Morgan fingerprint density at radius 1 is 1.32 bits per heavy atom. The van der Waals surface area contributed by atoms with Crippen LogP contribution in [0.15, 0.2) is 29.2 Å². The summed E-state index contributed by atoms with van der Waals surface area (Å²) in [5.41, 5.74) is 2.30. The highest BCUT2D eigenvalue weighted by molar-refractivity contribution is 7.89. The SMILES string of the molecule is CC1Cc2sc(NC(=O)Cc3ccc(S(N)(=O)=O)cc3)c(C#N)c2CN1CC1CCC1. The Balaban J connectivity index is 1.46. The third kappa shape index (κ3) is 4.83. The van der Waals surface area contributed by atoms with Gasteiger partial charge < -0.3 is 5.32 Å². The zero-order valence-electron chi connectivity index (χ0n) is 17.4. The van der Waals surface area contributed by atoms with E-state index in [1.54, 1.807) is 12.1 Å². The summed E-state index contributed by atoms with van der Waals surface area (Å²) in [5, 5.41) is 18.4. The summed E-state index contributed by atoms with van der Waals surface area (Å²) >= 11 is 1.50. The van der Waals surface area contributed by atoms with Crippen molar-refractivity contribution in [1.29, 1.82) is 5.26 Å². The number of hydrogen-bond donors (Lipinski definition) is 2. The average Bonchev–Trinajstić information content (AvgIpc) is 2.99. The molecular formula is C22H26N4O3S2. The monoisotopic (exact) mass is 458 g/mol. The highest BCUT2D eigenvalue weighted by Gasteiger charge is 2.31. The number of benzene rings is 1. The number of rotatable bonds is 6. The molecule has 0 radical (unpaired) electrons. The van der Waals surface area contributed by atoms with E-state index in [1.165, 1.54) is 47.6 Å². The lowest BCUT2D eigenvalue weighted by atomic mass is 9.84. The first-order chi connectivity index (χ1) is 14.7. The van der Waals surface area contributed by atoms with Gasteiger partial charge in [0, 0.05) is 29.6 Å². The van der Waals surface area contributed by atoms with Crippen LogP contribution in [0.2, 0.25) is 0 Å². The minimum Gasteiger partial charge on any atom is -0.316 e. The normalized spacial score (nSPS) is 19.3. The zero-order chi connectivity index (χ0) is 22.2. The summed E-state index contributed by atoms with van der Waals surface area (Å²) in [5.74, 6) is 0.533. The number of carbonyl (C=O) groups is 1. The van der Waals surface area contributed by atoms with E-state index in [0.717, 1.165) is 31.0 Å². The largest absolute Gasteiger partial charge is 0.316 e. The minimum atomic E-state index is -3.76. The van der Waals surface area contributed by atoms with Gasteiger partial charge in [-0.25, -0.2) is 13.6 Å². The van der Waals surface area contributed by atoms with Gasteiger partial charge in [-0.2, -0.15) is 5.26 Å². The molecule has 2 aromatic rings. The maximum Gasteiger partial charge on any atom is 0.238 e. The molecule has 1 aliphatic carbocycles. The molecule has 3 N–H and O–H groups in total. The summed E-state index contributed by atoms with van der Waals surface area (Å²) in [6.45, 7) is 4.08. The number of carbonyl (C=O) groups excluding carboxylic acids is 1. The average molecular weight is 459 g/mol. The molecule has 1 aromatic heterocycles. The van der Waals surface area contributed by atoms with Gasteiger partial charge in [-0.05, 0) is 49.8 Å². The maximum atomic E-state index is 12.6. The lowest BCUT2D eigenvalue weighted by Gasteiger charge is -2.38. The highest BCUT2D eigenvalue weighted by Crippen LogP contribution is 2.39. The molecule has 0 saturated heterocycles. The number of nitrogens with one attached hydrogen (secondary N) is 1. The van der Waals surface area contributed by atoms with Crippen molar-refractivity contribution in [3.8, 4) is 6.07 Å². The van der Waals surface area contributed by atoms with Crippen molar-refractivity contribution in [1.82, 2.24) is 4.90 Å². The number of primary sulfonamides is 1. The molecule has 2 heterocycles. The molecule has 9 heteroatoms. The molecule has 0 bridgehead atoms. The van der Waals surface area contributed by atoms with Gasteiger partial charge in [0.15, 0.2) is 0 Å². The van der Waals surface area contributed by atoms with Crippen LogP contribution in [0.25, 0.3) is 0 Å². The van der Waals surface area contributed by atoms with E-state index in [0.29, 0.717) is 22.2 Å². The number of nitrogens with zero attached hydrogens (tertiary/aromatic N) is 2. The van der Waals surface area contributed by atoms with Crippen LogP contribution in [-0.2, 0) is 34.2 Å². The van der Waals surface area contributed by atoms with Gasteiger partial charge >= 0.3 is 0 Å². The predicted molar refractivity (Wildman–Crippen MR) is 120 cm³/mol. The van der Waals surface area contributed by atoms with Crippen molar-refractivity contribution in [2.75, 3.05) is 11.9 Å². The Labute approximate surface area is 186 Å². The molecule has 1 aromatic carbocycles. The Morgan fingerprint density at radius 2 is 2.03 bits per heavy atom. The molecule has 2 aliphatic rings. The second-order valence-corrected chi connectivity index (χ2v) is 11.2. The van der Waals surface area contributed by atoms with Gasteiger partial charge in [-0.3, -0.25) is 9.69 Å². The van der Waals surface area contributed by atoms with Crippen molar-refractivity contribution in [2.45, 2.75) is 56.5 Å². The molecule has 164 valence electrons. The van der Waals surface area contributed by atoms with Crippen LogP contribution in [0.4, 0.5) is 5.00 Å². The maximum absolute atomic E-state index is 12.6. The third-order valence-electron chi connectivity index (χ3n) is 6.25. The van der Waals surface area contributed by atoms with Crippen LogP contribution >= 0.6 is 11.3 Å². The van der Waals surface area contributed by atoms with Crippen LogP contribution < -0.4 is 10.5 Å². The third-order valence-corrected chi connectivity index (χ3v) is 8.35. The van der Waals surface area contributed by atoms with Gasteiger partial charge in [0.1, 0.15) is 11.1 Å². The van der Waals surface area contributed by atoms with E-state index >= 15 is 0 Å². The van der Waals surface area contributed by atoms with Gasteiger partial charge in [0.25, 0.3) is 0 Å². The van der Waals surface area contributed by atoms with Crippen molar-refractivity contribution in [3.05, 3.63) is 45.8 Å². The summed E-state index contributed by atoms with van der Waals surface area (Å²) in [7, 11) is -3.76. The van der Waals surface area contributed by atoms with Gasteiger partial charge in [-0.15, -0.1) is 11.3 Å². The number of hydrogen-bond acceptors (Lipinski definition) is 6. The topological polar surface area (TPSA) is 116 Å². The summed E-state index contributed by atoms with van der Waals surface area (Å²) in [6.07, 6.45) is 4.89. The molecule has 1 atom stereocenters. The number of sulfonamides is 1. The lowest BCUT2D eigenvalue weighted by molar-refractivity contribution is -0.115. The lowest BCUT2D eigenvalue weighted by Crippen LogP contribution is -2.42. The number of nitrogens with two attached hydrogens (primary N) is 1. The fourth-order valence-corrected chi connectivity index (χ4v) is 6.02. The van der Waals surface area contributed by atoms with Crippen molar-refractivity contribution >= 4 is 32.3 Å². The van der Waals surface area contributed by atoms with Crippen molar-refractivity contribution < 1.29 is 13.2 Å². The fraction of sp³-hybridized carbons (Fsp3) is 0.455. The number of fused-ring (bicyclic) bond motifs is 1. The van der Waals surface area contributed by atoms with Gasteiger partial charge in [-0.1, -0.05) is 18.6 Å². The number of nitriles is 1. The zero-order valence-corrected chi connectivity index (χ0v) is 19.1. The molecular weight excluding hydrogens is 432 g/mol. The molecule has 0 spiro atoms. The van der Waals surface area contributed by atoms with Crippen molar-refractivity contribution in [2.24, 2.45) is 11.1 Å². The van der Waals surface area contributed by atoms with Crippen molar-refractivity contribution in [3.63, 3.8) is 0 Å². The Kier molecular flexibility index (Phi) is 6.17. The molecule has 4 rings (SSSR count). The fourth-order valence-electron chi connectivity index (χ4n) is 4.21. The number of thiophene rings is 1. The number of anilines is 1. The molecule has 1 saturated carbocycles. The summed E-state index contributed by atoms with van der Waals surface area (Å²) < 4.78 is 22.7. The Bertz CT molecular complexity index is 1130. The molecule has 1 unspecified atom stereocenters. The van der Waals surface area contributed by atoms with Crippen LogP contribution in [0.5, 0.6) is 0 Å². The van der Waals surface area contributed by atoms with Gasteiger partial charge in [0.2, 0.25) is 15.9 Å². The van der Waals surface area contributed by atoms with Crippen LogP contribution in [0, 0.1) is 17.2 Å². The molecule has 1 fully saturated rings. The van der Waals surface area contributed by atoms with Crippen LogP contribution in [0.3, 0.4) is 0 Å². The minimum absolute atomic E-state index is 0.00920. The molecule has 1 amide bonds. The van der Waals surface area contributed by atoms with E-state index in [4.69, 9.17) is 5.14 Å². The standard InChI is InChI=1S/C22H26N4O3S2/c1-14-9-20-19(13-26(14)12-16-3-2-4-16)18(11-23)22(30-20)25-21(27)10-15-5-7-17(8-6-15)31(24,28)29/h5-8,14,16H,2-4,9-10,12-13H2,1H3,(H,25,27)(H2,24,28,29). The first kappa shape index (κ1) is 22.0. The highest BCUT2D eigenvalue weighted by atomic mass is 32.2. The van der Waals surface area contributed by atoms with Gasteiger partial charge in [0.05, 0.1) is 16.9 Å².